The van der Waals surface area contributed by atoms with E-state index in [2.05, 4.69) is 12.2 Å². The van der Waals surface area contributed by atoms with Crippen LogP contribution in [0.25, 0.3) is 6.08 Å². The number of carbonyl (C=O) groups excluding carboxylic acids is 3. The maximum Gasteiger partial charge on any atom is 0.355 e. The number of ether oxygens (including phenoxy) is 1. The average molecular weight is 358 g/mol. The summed E-state index contributed by atoms with van der Waals surface area (Å²) >= 11 is 0. The molecule has 0 radical (unpaired) electrons. The highest BCUT2D eigenvalue weighted by molar-refractivity contribution is 5.98. The molecule has 2 amide bonds. The minimum Gasteiger partial charge on any atom is -0.448 e. The summed E-state index contributed by atoms with van der Waals surface area (Å²) in [5.74, 6) is -0.701. The first-order valence-corrected chi connectivity index (χ1v) is 8.91. The summed E-state index contributed by atoms with van der Waals surface area (Å²) in [5, 5.41) is 2.48. The first-order chi connectivity index (χ1) is 12.4. The Hall–Kier alpha value is -2.63. The molecule has 0 spiro atoms. The van der Waals surface area contributed by atoms with Crippen LogP contribution in [0.15, 0.2) is 36.0 Å². The third-order valence-corrected chi connectivity index (χ3v) is 4.37. The van der Waals surface area contributed by atoms with Crippen LogP contribution in [-0.2, 0) is 19.1 Å². The molecule has 0 unspecified atom stereocenters. The van der Waals surface area contributed by atoms with Gasteiger partial charge in [0.1, 0.15) is 5.70 Å². The van der Waals surface area contributed by atoms with E-state index < -0.39 is 12.1 Å². The summed E-state index contributed by atoms with van der Waals surface area (Å²) in [6.45, 7) is 6.40. The molecule has 0 saturated carbocycles. The third-order valence-electron chi connectivity index (χ3n) is 4.37. The highest BCUT2D eigenvalue weighted by atomic mass is 16.5. The van der Waals surface area contributed by atoms with Crippen molar-refractivity contribution in [3.63, 3.8) is 0 Å². The summed E-state index contributed by atoms with van der Waals surface area (Å²) in [7, 11) is 0. The van der Waals surface area contributed by atoms with Crippen LogP contribution in [-0.4, -0.2) is 41.9 Å². The third kappa shape index (κ3) is 5.72. The van der Waals surface area contributed by atoms with Crippen molar-refractivity contribution in [3.05, 3.63) is 41.6 Å². The number of esters is 1. The van der Waals surface area contributed by atoms with Gasteiger partial charge in [-0.3, -0.25) is 9.59 Å². The molecule has 1 aliphatic heterocycles. The highest BCUT2D eigenvalue weighted by Gasteiger charge is 2.27. The number of hydrogen-bond donors (Lipinski definition) is 1. The molecule has 1 aromatic carbocycles. The smallest absolute Gasteiger partial charge is 0.355 e. The lowest BCUT2D eigenvalue weighted by Gasteiger charge is -2.32. The van der Waals surface area contributed by atoms with Crippen molar-refractivity contribution in [1.82, 2.24) is 10.2 Å². The Morgan fingerprint density at radius 2 is 1.81 bits per heavy atom. The second-order valence-electron chi connectivity index (χ2n) is 6.71. The Morgan fingerprint density at radius 3 is 2.38 bits per heavy atom. The fourth-order valence-corrected chi connectivity index (χ4v) is 2.81. The van der Waals surface area contributed by atoms with Crippen molar-refractivity contribution >= 4 is 23.9 Å². The second kappa shape index (κ2) is 9.17. The van der Waals surface area contributed by atoms with Crippen molar-refractivity contribution in [2.45, 2.75) is 39.7 Å². The summed E-state index contributed by atoms with van der Waals surface area (Å²) in [6, 6.07) is 9.11. The normalized spacial score (nSPS) is 16.7. The number of piperidine rings is 1. The molecule has 140 valence electrons. The van der Waals surface area contributed by atoms with E-state index in [4.69, 9.17) is 4.74 Å². The molecule has 1 atom stereocenters. The Labute approximate surface area is 154 Å². The van der Waals surface area contributed by atoms with Gasteiger partial charge in [-0.05, 0) is 37.3 Å². The van der Waals surface area contributed by atoms with E-state index in [0.29, 0.717) is 19.0 Å². The highest BCUT2D eigenvalue weighted by Crippen LogP contribution is 2.17. The van der Waals surface area contributed by atoms with Crippen molar-refractivity contribution in [2.24, 2.45) is 5.92 Å². The molecule has 6 heteroatoms. The molecule has 1 aromatic rings. The predicted molar refractivity (Wildman–Crippen MR) is 98.8 cm³/mol. The fraction of sp³-hybridized carbons (Fsp3) is 0.450. The van der Waals surface area contributed by atoms with Crippen molar-refractivity contribution < 1.29 is 19.1 Å². The van der Waals surface area contributed by atoms with Gasteiger partial charge in [-0.1, -0.05) is 37.3 Å². The minimum absolute atomic E-state index is 0.00983. The number of amides is 2. The number of benzene rings is 1. The number of rotatable bonds is 5. The van der Waals surface area contributed by atoms with Crippen LogP contribution in [0.1, 0.15) is 39.2 Å². The van der Waals surface area contributed by atoms with E-state index >= 15 is 0 Å². The van der Waals surface area contributed by atoms with Gasteiger partial charge in [-0.2, -0.15) is 0 Å². The number of nitrogens with zero attached hydrogens (tertiary/aromatic N) is 1. The van der Waals surface area contributed by atoms with Crippen LogP contribution < -0.4 is 5.32 Å². The summed E-state index contributed by atoms with van der Waals surface area (Å²) in [6.07, 6.45) is 2.54. The van der Waals surface area contributed by atoms with Gasteiger partial charge in [-0.15, -0.1) is 0 Å². The van der Waals surface area contributed by atoms with Gasteiger partial charge < -0.3 is 15.0 Å². The Kier molecular flexibility index (Phi) is 6.95. The van der Waals surface area contributed by atoms with E-state index in [0.717, 1.165) is 18.4 Å². The van der Waals surface area contributed by atoms with E-state index in [-0.39, 0.29) is 17.5 Å². The standard InChI is InChI=1S/C20H26N2O4/c1-14-9-11-22(12-10-14)19(24)15(2)26-20(25)18(21-16(3)23)13-17-7-5-4-6-8-17/h4-8,13-15H,9-12H2,1-3H3,(H,21,23)/b18-13-/t15-/m1/s1. The molecule has 1 saturated heterocycles. The molecular weight excluding hydrogens is 332 g/mol. The van der Waals surface area contributed by atoms with E-state index in [1.165, 1.54) is 13.0 Å². The number of carbonyl (C=O) groups is 3. The zero-order chi connectivity index (χ0) is 19.1. The maximum absolute atomic E-state index is 12.5. The van der Waals surface area contributed by atoms with Crippen LogP contribution in [0.4, 0.5) is 0 Å². The Balaban J connectivity index is 2.05. The largest absolute Gasteiger partial charge is 0.448 e. The minimum atomic E-state index is -0.899. The van der Waals surface area contributed by atoms with Crippen LogP contribution in [0, 0.1) is 5.92 Å². The lowest BCUT2D eigenvalue weighted by molar-refractivity contribution is -0.157. The number of likely N-dealkylation sites (tertiary alicyclic amines) is 1. The maximum atomic E-state index is 12.5. The molecule has 0 bridgehead atoms. The molecule has 6 nitrogen and oxygen atoms in total. The summed E-state index contributed by atoms with van der Waals surface area (Å²) in [5.41, 5.74) is 0.757. The zero-order valence-corrected chi connectivity index (χ0v) is 15.5. The zero-order valence-electron chi connectivity index (χ0n) is 15.5. The Bertz CT molecular complexity index is 676. The molecule has 1 fully saturated rings. The quantitative estimate of drug-likeness (QED) is 0.648. The van der Waals surface area contributed by atoms with Gasteiger partial charge >= 0.3 is 5.97 Å². The van der Waals surface area contributed by atoms with E-state index in [9.17, 15) is 14.4 Å². The number of hydrogen-bond acceptors (Lipinski definition) is 4. The molecular formula is C20H26N2O4. The van der Waals surface area contributed by atoms with Gasteiger partial charge in [0.25, 0.3) is 5.91 Å². The van der Waals surface area contributed by atoms with Crippen molar-refractivity contribution in [3.8, 4) is 0 Å². The average Bonchev–Trinajstić information content (AvgIpc) is 2.61. The summed E-state index contributed by atoms with van der Waals surface area (Å²) < 4.78 is 5.31. The SMILES string of the molecule is CC(=O)N/C(=C\c1ccccc1)C(=O)O[C@H](C)C(=O)N1CCC(C)CC1. The van der Waals surface area contributed by atoms with Gasteiger partial charge in [-0.25, -0.2) is 4.79 Å². The molecule has 0 aliphatic carbocycles. The van der Waals surface area contributed by atoms with Crippen molar-refractivity contribution in [2.75, 3.05) is 13.1 Å². The fourth-order valence-electron chi connectivity index (χ4n) is 2.81. The van der Waals surface area contributed by atoms with Gasteiger partial charge in [0.2, 0.25) is 5.91 Å². The first kappa shape index (κ1) is 19.7. The van der Waals surface area contributed by atoms with Crippen LogP contribution in [0.5, 0.6) is 0 Å². The van der Waals surface area contributed by atoms with Gasteiger partial charge in [0, 0.05) is 20.0 Å². The number of nitrogens with one attached hydrogen (secondary N) is 1. The Morgan fingerprint density at radius 1 is 1.19 bits per heavy atom. The van der Waals surface area contributed by atoms with E-state index in [1.807, 2.05) is 18.2 Å². The lowest BCUT2D eigenvalue weighted by Crippen LogP contribution is -2.44. The van der Waals surface area contributed by atoms with Crippen molar-refractivity contribution in [1.29, 1.82) is 0 Å². The molecule has 1 heterocycles. The van der Waals surface area contributed by atoms with Crippen LogP contribution in [0.3, 0.4) is 0 Å². The monoisotopic (exact) mass is 358 g/mol. The second-order valence-corrected chi connectivity index (χ2v) is 6.71. The first-order valence-electron chi connectivity index (χ1n) is 8.91. The summed E-state index contributed by atoms with van der Waals surface area (Å²) in [4.78, 5) is 38.1. The molecule has 2 rings (SSSR count). The van der Waals surface area contributed by atoms with Gasteiger partial charge in [0.05, 0.1) is 0 Å². The molecule has 0 aromatic heterocycles. The molecule has 1 aliphatic rings. The topological polar surface area (TPSA) is 75.7 Å². The lowest BCUT2D eigenvalue weighted by atomic mass is 9.99. The molecule has 1 N–H and O–H groups in total. The molecule has 26 heavy (non-hydrogen) atoms. The van der Waals surface area contributed by atoms with Crippen LogP contribution in [0.2, 0.25) is 0 Å². The van der Waals surface area contributed by atoms with Crippen LogP contribution >= 0.6 is 0 Å². The van der Waals surface area contributed by atoms with E-state index in [1.54, 1.807) is 24.0 Å². The predicted octanol–water partition coefficient (Wildman–Crippen LogP) is 2.35. The van der Waals surface area contributed by atoms with Gasteiger partial charge in [0.15, 0.2) is 6.10 Å².